The molecule has 0 bridgehead atoms. The van der Waals surface area contributed by atoms with Crippen LogP contribution in [0.2, 0.25) is 0 Å². The zero-order chi connectivity index (χ0) is 19.6. The molecule has 0 aliphatic carbocycles. The van der Waals surface area contributed by atoms with Crippen molar-refractivity contribution in [2.24, 2.45) is 0 Å². The van der Waals surface area contributed by atoms with Crippen LogP contribution in [-0.2, 0) is 0 Å². The molecule has 140 valence electrons. The summed E-state index contributed by atoms with van der Waals surface area (Å²) in [7, 11) is 0. The van der Waals surface area contributed by atoms with E-state index in [1.165, 1.54) is 0 Å². The molecule has 0 unspecified atom stereocenters. The molecule has 0 heterocycles. The highest BCUT2D eigenvalue weighted by Gasteiger charge is 2.28. The van der Waals surface area contributed by atoms with Gasteiger partial charge in [-0.1, -0.05) is 30.3 Å². The molecule has 0 aliphatic heterocycles. The highest BCUT2D eigenvalue weighted by Crippen LogP contribution is 2.30. The fourth-order valence-corrected chi connectivity index (χ4v) is 2.61. The van der Waals surface area contributed by atoms with Crippen LogP contribution in [0, 0.1) is 23.3 Å². The molecule has 0 atom stereocenters. The number of benzene rings is 3. The average Bonchev–Trinajstić information content (AvgIpc) is 2.65. The van der Waals surface area contributed by atoms with Crippen LogP contribution >= 0.6 is 0 Å². The lowest BCUT2D eigenvalue weighted by atomic mass is 10.1. The maximum atomic E-state index is 13.9. The lowest BCUT2D eigenvalue weighted by Crippen LogP contribution is -2.14. The average molecular weight is 378 g/mol. The summed E-state index contributed by atoms with van der Waals surface area (Å²) in [5.74, 6) is -8.94. The predicted octanol–water partition coefficient (Wildman–Crippen LogP) is 5.06. The van der Waals surface area contributed by atoms with E-state index in [0.717, 1.165) is 17.7 Å². The summed E-state index contributed by atoms with van der Waals surface area (Å²) >= 11 is 0. The Labute approximate surface area is 152 Å². The van der Waals surface area contributed by atoms with Gasteiger partial charge in [0.2, 0.25) is 11.6 Å². The van der Waals surface area contributed by atoms with Gasteiger partial charge in [0.15, 0.2) is 23.2 Å². The predicted molar refractivity (Wildman–Crippen MR) is 91.2 cm³/mol. The monoisotopic (exact) mass is 378 g/mol. The SMILES string of the molecule is CC(=O)c1c(F)c(F)c(OCCOc2ccc3ccccc3c2)c(F)c1F. The second kappa shape index (κ2) is 7.65. The van der Waals surface area contributed by atoms with Crippen molar-refractivity contribution in [1.82, 2.24) is 0 Å². The second-order valence-corrected chi connectivity index (χ2v) is 5.72. The van der Waals surface area contributed by atoms with Gasteiger partial charge in [-0.25, -0.2) is 8.78 Å². The van der Waals surface area contributed by atoms with Crippen LogP contribution in [0.3, 0.4) is 0 Å². The molecule has 3 aromatic rings. The van der Waals surface area contributed by atoms with Gasteiger partial charge in [0.25, 0.3) is 0 Å². The number of hydrogen-bond donors (Lipinski definition) is 0. The minimum absolute atomic E-state index is 0.116. The Hall–Kier alpha value is -3.09. The van der Waals surface area contributed by atoms with Crippen LogP contribution in [0.5, 0.6) is 11.5 Å². The molecule has 0 radical (unpaired) electrons. The number of halogens is 4. The number of carbonyl (C=O) groups is 1. The zero-order valence-corrected chi connectivity index (χ0v) is 14.2. The minimum Gasteiger partial charge on any atom is -0.490 e. The summed E-state index contributed by atoms with van der Waals surface area (Å²) < 4.78 is 65.5. The molecule has 0 spiro atoms. The lowest BCUT2D eigenvalue weighted by Gasteiger charge is -2.12. The maximum Gasteiger partial charge on any atom is 0.204 e. The normalized spacial score (nSPS) is 10.9. The van der Waals surface area contributed by atoms with Crippen LogP contribution in [0.4, 0.5) is 17.6 Å². The van der Waals surface area contributed by atoms with Gasteiger partial charge in [0, 0.05) is 0 Å². The molecule has 27 heavy (non-hydrogen) atoms. The van der Waals surface area contributed by atoms with E-state index < -0.39 is 40.4 Å². The van der Waals surface area contributed by atoms with Crippen molar-refractivity contribution >= 4 is 16.6 Å². The van der Waals surface area contributed by atoms with Gasteiger partial charge in [-0.05, 0) is 29.8 Å². The zero-order valence-electron chi connectivity index (χ0n) is 14.2. The summed E-state index contributed by atoms with van der Waals surface area (Å²) in [6, 6.07) is 12.9. The molecule has 0 amide bonds. The number of fused-ring (bicyclic) bond motifs is 1. The Balaban J connectivity index is 1.69. The first kappa shape index (κ1) is 18.7. The van der Waals surface area contributed by atoms with Gasteiger partial charge in [0.1, 0.15) is 19.0 Å². The van der Waals surface area contributed by atoms with E-state index in [1.54, 1.807) is 12.1 Å². The first-order valence-electron chi connectivity index (χ1n) is 8.01. The van der Waals surface area contributed by atoms with Gasteiger partial charge in [-0.2, -0.15) is 8.78 Å². The van der Waals surface area contributed by atoms with Crippen molar-refractivity contribution in [2.75, 3.05) is 13.2 Å². The Morgan fingerprint density at radius 3 is 2.04 bits per heavy atom. The second-order valence-electron chi connectivity index (χ2n) is 5.72. The van der Waals surface area contributed by atoms with Crippen LogP contribution in [0.15, 0.2) is 42.5 Å². The topological polar surface area (TPSA) is 35.5 Å². The first-order chi connectivity index (χ1) is 12.9. The number of rotatable bonds is 6. The van der Waals surface area contributed by atoms with Crippen molar-refractivity contribution in [3.8, 4) is 11.5 Å². The van der Waals surface area contributed by atoms with Crippen molar-refractivity contribution in [3.63, 3.8) is 0 Å². The van der Waals surface area contributed by atoms with E-state index in [9.17, 15) is 22.4 Å². The smallest absolute Gasteiger partial charge is 0.204 e. The van der Waals surface area contributed by atoms with Gasteiger partial charge in [-0.3, -0.25) is 4.79 Å². The first-order valence-corrected chi connectivity index (χ1v) is 8.01. The van der Waals surface area contributed by atoms with Gasteiger partial charge in [0.05, 0.1) is 5.56 Å². The standard InChI is InChI=1S/C20H14F4O3/c1-11(25)15-16(21)18(23)20(19(24)17(15)22)27-9-8-26-14-7-6-12-4-2-3-5-13(12)10-14/h2-7,10H,8-9H2,1H3. The summed E-state index contributed by atoms with van der Waals surface area (Å²) in [5, 5.41) is 1.96. The molecule has 0 N–H and O–H groups in total. The van der Waals surface area contributed by atoms with Crippen molar-refractivity contribution in [3.05, 3.63) is 71.3 Å². The van der Waals surface area contributed by atoms with E-state index >= 15 is 0 Å². The van der Waals surface area contributed by atoms with Gasteiger partial charge in [-0.15, -0.1) is 0 Å². The minimum atomic E-state index is -1.79. The van der Waals surface area contributed by atoms with Crippen LogP contribution in [0.1, 0.15) is 17.3 Å². The molecule has 0 saturated carbocycles. The summed E-state index contributed by atoms with van der Waals surface area (Å²) in [4.78, 5) is 11.1. The largest absolute Gasteiger partial charge is 0.490 e. The van der Waals surface area contributed by atoms with Crippen LogP contribution < -0.4 is 9.47 Å². The summed E-state index contributed by atoms with van der Waals surface area (Å²) in [5.41, 5.74) is -1.27. The molecule has 7 heteroatoms. The van der Waals surface area contributed by atoms with Crippen molar-refractivity contribution in [1.29, 1.82) is 0 Å². The van der Waals surface area contributed by atoms with Gasteiger partial charge >= 0.3 is 0 Å². The highest BCUT2D eigenvalue weighted by atomic mass is 19.2. The van der Waals surface area contributed by atoms with E-state index in [2.05, 4.69) is 0 Å². The van der Waals surface area contributed by atoms with Crippen LogP contribution in [-0.4, -0.2) is 19.0 Å². The number of Topliss-reactive ketones (excluding diaryl/α,β-unsaturated/α-hetero) is 1. The number of ether oxygens (including phenoxy) is 2. The van der Waals surface area contributed by atoms with Crippen molar-refractivity contribution < 1.29 is 31.8 Å². The maximum absolute atomic E-state index is 13.9. The number of carbonyl (C=O) groups excluding carboxylic acids is 1. The Bertz CT molecular complexity index is 989. The Morgan fingerprint density at radius 2 is 1.41 bits per heavy atom. The third-order valence-electron chi connectivity index (χ3n) is 3.89. The molecule has 0 aliphatic rings. The Morgan fingerprint density at radius 1 is 0.815 bits per heavy atom. The third kappa shape index (κ3) is 3.72. The highest BCUT2D eigenvalue weighted by molar-refractivity contribution is 5.94. The van der Waals surface area contributed by atoms with Gasteiger partial charge < -0.3 is 9.47 Å². The molecule has 0 fully saturated rings. The quantitative estimate of drug-likeness (QED) is 0.260. The lowest BCUT2D eigenvalue weighted by molar-refractivity contribution is 0.100. The molecule has 3 rings (SSSR count). The van der Waals surface area contributed by atoms with Crippen LogP contribution in [0.25, 0.3) is 10.8 Å². The molecular weight excluding hydrogens is 364 g/mol. The fourth-order valence-electron chi connectivity index (χ4n) is 2.61. The summed E-state index contributed by atoms with van der Waals surface area (Å²) in [6.45, 7) is 0.326. The van der Waals surface area contributed by atoms with E-state index in [0.29, 0.717) is 5.75 Å². The van der Waals surface area contributed by atoms with E-state index in [-0.39, 0.29) is 13.2 Å². The van der Waals surface area contributed by atoms with E-state index in [1.807, 2.05) is 30.3 Å². The summed E-state index contributed by atoms with van der Waals surface area (Å²) in [6.07, 6.45) is 0. The molecule has 3 aromatic carbocycles. The molecule has 3 nitrogen and oxygen atoms in total. The third-order valence-corrected chi connectivity index (χ3v) is 3.89. The molecule has 0 aromatic heterocycles. The molecular formula is C20H14F4O3. The fraction of sp³-hybridized carbons (Fsp3) is 0.150. The number of ketones is 1. The van der Waals surface area contributed by atoms with E-state index in [4.69, 9.17) is 9.47 Å². The Kier molecular flexibility index (Phi) is 5.30. The molecule has 0 saturated heterocycles. The number of hydrogen-bond acceptors (Lipinski definition) is 3. The van der Waals surface area contributed by atoms with Crippen molar-refractivity contribution in [2.45, 2.75) is 6.92 Å².